The van der Waals surface area contributed by atoms with Gasteiger partial charge in [0.2, 0.25) is 0 Å². The van der Waals surface area contributed by atoms with Crippen LogP contribution in [0.25, 0.3) is 0 Å². The van der Waals surface area contributed by atoms with Crippen LogP contribution >= 0.6 is 0 Å². The molecule has 0 bridgehead atoms. The van der Waals surface area contributed by atoms with Crippen molar-refractivity contribution in [1.29, 1.82) is 0 Å². The summed E-state index contributed by atoms with van der Waals surface area (Å²) in [6, 6.07) is 0. The minimum atomic E-state index is -8.30. The number of alkyl halides is 13. The molecule has 0 aliphatic carbocycles. The molecular weight excluding hydrogens is 489 g/mol. The molecule has 0 spiro atoms. The van der Waals surface area contributed by atoms with Crippen molar-refractivity contribution in [3.05, 3.63) is 12.3 Å². The van der Waals surface area contributed by atoms with Gasteiger partial charge in [-0.3, -0.25) is 4.72 Å². The summed E-state index contributed by atoms with van der Waals surface area (Å²) in [6.45, 7) is 2.84. The molecule has 0 saturated carbocycles. The van der Waals surface area contributed by atoms with Gasteiger partial charge in [0.1, 0.15) is 5.70 Å². The lowest BCUT2D eigenvalue weighted by Crippen LogP contribution is -2.71. The fourth-order valence-electron chi connectivity index (χ4n) is 1.41. The van der Waals surface area contributed by atoms with Crippen LogP contribution in [-0.4, -0.2) is 56.1 Å². The SMILES string of the molecule is C=C(NS(=O)(=O)C(F)(F)C(F)(F)C(F)(F)C(F)(F)C(F)(F)C(F)(F)F)C(=O)OCC. The Labute approximate surface area is 157 Å². The van der Waals surface area contributed by atoms with Gasteiger partial charge < -0.3 is 4.74 Å². The average Bonchev–Trinajstić information content (AvgIpc) is 2.52. The zero-order valence-corrected chi connectivity index (χ0v) is 14.7. The molecule has 0 unspecified atom stereocenters. The predicted octanol–water partition coefficient (Wildman–Crippen LogP) is 3.68. The molecule has 0 atom stereocenters. The molecule has 0 fully saturated rings. The zero-order chi connectivity index (χ0) is 24.8. The van der Waals surface area contributed by atoms with Crippen molar-refractivity contribution in [2.45, 2.75) is 42.0 Å². The minimum absolute atomic E-state index is 0.165. The standard InChI is InChI=1S/C11H8F13NO4S/c1-3-29-5(26)4(2)25-30(27,28)11(23,24)9(18,19)7(14,15)6(12,13)8(16,17)10(20,21)22/h25H,2-3H2,1H3. The molecule has 19 heteroatoms. The molecule has 0 saturated heterocycles. The van der Waals surface area contributed by atoms with Crippen LogP contribution in [0.4, 0.5) is 57.1 Å². The number of rotatable bonds is 9. The van der Waals surface area contributed by atoms with Crippen molar-refractivity contribution >= 4 is 16.0 Å². The van der Waals surface area contributed by atoms with E-state index >= 15 is 0 Å². The fourth-order valence-corrected chi connectivity index (χ4v) is 2.41. The first-order valence-electron chi connectivity index (χ1n) is 6.71. The first kappa shape index (κ1) is 28.1. The number of halogens is 13. The van der Waals surface area contributed by atoms with Crippen molar-refractivity contribution in [3.63, 3.8) is 0 Å². The van der Waals surface area contributed by atoms with Gasteiger partial charge in [0.15, 0.2) is 0 Å². The average molecular weight is 497 g/mol. The Hall–Kier alpha value is -1.95. The van der Waals surface area contributed by atoms with E-state index in [1.165, 1.54) is 0 Å². The number of nitrogens with one attached hydrogen (secondary N) is 1. The van der Waals surface area contributed by atoms with E-state index in [0.29, 0.717) is 0 Å². The first-order valence-corrected chi connectivity index (χ1v) is 8.19. The van der Waals surface area contributed by atoms with Crippen molar-refractivity contribution < 1.29 is 75.0 Å². The lowest BCUT2D eigenvalue weighted by Gasteiger charge is -2.39. The highest BCUT2D eigenvalue weighted by atomic mass is 32.2. The van der Waals surface area contributed by atoms with Crippen LogP contribution in [0.3, 0.4) is 0 Å². The van der Waals surface area contributed by atoms with Gasteiger partial charge in [-0.15, -0.1) is 0 Å². The van der Waals surface area contributed by atoms with E-state index in [0.717, 1.165) is 6.92 Å². The summed E-state index contributed by atoms with van der Waals surface area (Å²) in [5.74, 6) is -34.6. The third kappa shape index (κ3) is 3.98. The predicted molar refractivity (Wildman–Crippen MR) is 68.6 cm³/mol. The van der Waals surface area contributed by atoms with Crippen LogP contribution in [0, 0.1) is 0 Å². The number of ether oxygens (including phenoxy) is 1. The summed E-state index contributed by atoms with van der Waals surface area (Å²) in [5, 5.41) is -7.48. The summed E-state index contributed by atoms with van der Waals surface area (Å²) in [5.41, 5.74) is -1.84. The maximum absolute atomic E-state index is 13.6. The molecule has 30 heavy (non-hydrogen) atoms. The van der Waals surface area contributed by atoms with Gasteiger partial charge in [0.25, 0.3) is 0 Å². The quantitative estimate of drug-likeness (QED) is 0.300. The summed E-state index contributed by atoms with van der Waals surface area (Å²) in [7, 11) is -7.38. The largest absolute Gasteiger partial charge is 0.461 e. The number of hydrogen-bond acceptors (Lipinski definition) is 4. The molecule has 0 aromatic rings. The molecule has 0 radical (unpaired) electrons. The number of sulfonamides is 1. The lowest BCUT2D eigenvalue weighted by atomic mass is 9.98. The fraction of sp³-hybridized carbons (Fsp3) is 0.727. The van der Waals surface area contributed by atoms with E-state index < -0.39 is 63.4 Å². The van der Waals surface area contributed by atoms with Gasteiger partial charge in [-0.1, -0.05) is 6.58 Å². The second-order valence-corrected chi connectivity index (χ2v) is 6.84. The monoisotopic (exact) mass is 497 g/mol. The van der Waals surface area contributed by atoms with Crippen LogP contribution in [0.5, 0.6) is 0 Å². The van der Waals surface area contributed by atoms with Crippen LogP contribution in [0.15, 0.2) is 12.3 Å². The van der Waals surface area contributed by atoms with Gasteiger partial charge in [-0.25, -0.2) is 4.79 Å². The molecule has 5 nitrogen and oxygen atoms in total. The highest BCUT2D eigenvalue weighted by Gasteiger charge is 2.92. The Kier molecular flexibility index (Phi) is 7.13. The van der Waals surface area contributed by atoms with Crippen molar-refractivity contribution in [2.75, 3.05) is 6.61 Å². The van der Waals surface area contributed by atoms with Crippen molar-refractivity contribution in [3.8, 4) is 0 Å². The van der Waals surface area contributed by atoms with Gasteiger partial charge in [0.05, 0.1) is 6.61 Å². The van der Waals surface area contributed by atoms with E-state index in [1.54, 1.807) is 0 Å². The smallest absolute Gasteiger partial charge is 0.460 e. The number of carbonyl (C=O) groups is 1. The van der Waals surface area contributed by atoms with E-state index in [-0.39, 0.29) is 4.72 Å². The Morgan fingerprint density at radius 3 is 1.50 bits per heavy atom. The second-order valence-electron chi connectivity index (χ2n) is 5.12. The van der Waals surface area contributed by atoms with E-state index in [9.17, 15) is 70.3 Å². The lowest BCUT2D eigenvalue weighted by molar-refractivity contribution is -0.433. The third-order valence-corrected chi connectivity index (χ3v) is 4.47. The number of hydrogen-bond donors (Lipinski definition) is 1. The highest BCUT2D eigenvalue weighted by molar-refractivity contribution is 7.90. The van der Waals surface area contributed by atoms with Gasteiger partial charge >= 0.3 is 51.1 Å². The number of carbonyl (C=O) groups excluding carboxylic acids is 1. The summed E-state index contributed by atoms with van der Waals surface area (Å²) in [4.78, 5) is 11.0. The summed E-state index contributed by atoms with van der Waals surface area (Å²) < 4.78 is 194. The Bertz CT molecular complexity index is 787. The molecule has 0 aromatic carbocycles. The molecule has 0 heterocycles. The number of esters is 1. The normalized spacial score (nSPS) is 15.0. The van der Waals surface area contributed by atoms with Crippen LogP contribution < -0.4 is 4.72 Å². The Morgan fingerprint density at radius 1 is 0.800 bits per heavy atom. The molecular formula is C11H8F13NO4S. The molecule has 0 aliphatic heterocycles. The van der Waals surface area contributed by atoms with Crippen molar-refractivity contribution in [2.24, 2.45) is 0 Å². The van der Waals surface area contributed by atoms with Crippen LogP contribution in [0.2, 0.25) is 0 Å². The summed E-state index contributed by atoms with van der Waals surface area (Å²) in [6.07, 6.45) is -7.64. The van der Waals surface area contributed by atoms with Gasteiger partial charge in [-0.2, -0.15) is 65.5 Å². The van der Waals surface area contributed by atoms with E-state index in [2.05, 4.69) is 11.3 Å². The molecule has 0 aromatic heterocycles. The minimum Gasteiger partial charge on any atom is -0.461 e. The highest BCUT2D eigenvalue weighted by Crippen LogP contribution is 2.60. The molecule has 0 rings (SSSR count). The molecule has 0 amide bonds. The Morgan fingerprint density at radius 2 is 1.17 bits per heavy atom. The first-order chi connectivity index (χ1) is 12.9. The maximum Gasteiger partial charge on any atom is 0.460 e. The van der Waals surface area contributed by atoms with Gasteiger partial charge in [0, 0.05) is 0 Å². The van der Waals surface area contributed by atoms with Crippen LogP contribution in [-0.2, 0) is 19.6 Å². The molecule has 1 N–H and O–H groups in total. The topological polar surface area (TPSA) is 72.5 Å². The van der Waals surface area contributed by atoms with E-state index in [1.807, 2.05) is 0 Å². The second kappa shape index (κ2) is 7.63. The molecule has 0 aliphatic rings. The van der Waals surface area contributed by atoms with E-state index in [4.69, 9.17) is 0 Å². The van der Waals surface area contributed by atoms with Gasteiger partial charge in [-0.05, 0) is 6.92 Å². The summed E-state index contributed by atoms with van der Waals surface area (Å²) >= 11 is 0. The van der Waals surface area contributed by atoms with Crippen LogP contribution in [0.1, 0.15) is 6.92 Å². The maximum atomic E-state index is 13.6. The molecule has 178 valence electrons. The van der Waals surface area contributed by atoms with Crippen molar-refractivity contribution in [1.82, 2.24) is 4.72 Å². The third-order valence-electron chi connectivity index (χ3n) is 3.02. The Balaban J connectivity index is 6.43. The zero-order valence-electron chi connectivity index (χ0n) is 13.9.